The maximum atomic E-state index is 12.5. The second-order valence-electron chi connectivity index (χ2n) is 7.39. The molecule has 0 spiro atoms. The van der Waals surface area contributed by atoms with Crippen molar-refractivity contribution in [2.24, 2.45) is 0 Å². The van der Waals surface area contributed by atoms with Crippen LogP contribution in [-0.2, 0) is 4.79 Å². The molecule has 1 aliphatic rings. The number of piperazine rings is 1. The summed E-state index contributed by atoms with van der Waals surface area (Å²) in [5, 5.41) is 15.3. The highest BCUT2D eigenvalue weighted by Crippen LogP contribution is 2.21. The number of benzene rings is 2. The van der Waals surface area contributed by atoms with E-state index in [4.69, 9.17) is 4.74 Å². The quantitative estimate of drug-likeness (QED) is 0.421. The third-order valence-electron chi connectivity index (χ3n) is 5.23. The van der Waals surface area contributed by atoms with Crippen LogP contribution in [0.3, 0.4) is 0 Å². The van der Waals surface area contributed by atoms with E-state index in [0.717, 1.165) is 23.7 Å². The highest BCUT2D eigenvalue weighted by atomic mass is 32.1. The van der Waals surface area contributed by atoms with Crippen LogP contribution >= 0.6 is 11.3 Å². The summed E-state index contributed by atoms with van der Waals surface area (Å²) in [5.74, 6) is 0.128. The lowest BCUT2D eigenvalue weighted by Gasteiger charge is -2.36. The van der Waals surface area contributed by atoms with Crippen LogP contribution in [0.2, 0.25) is 0 Å². The summed E-state index contributed by atoms with van der Waals surface area (Å²) in [6.45, 7) is 2.60. The number of nitrogens with one attached hydrogen (secondary N) is 1. The number of hydrogen-bond acceptors (Lipinski definition) is 7. The first-order valence-corrected chi connectivity index (χ1v) is 11.2. The molecule has 2 aromatic carbocycles. The molecule has 10 heteroatoms. The Balaban J connectivity index is 1.24. The predicted octanol–water partition coefficient (Wildman–Crippen LogP) is 3.64. The standard InChI is InChI=1S/C23H22N4O5S/c28-22(16-32-20-9-7-19(8-10-20)27(30)31)24-17-3-5-18(6-4-17)25-11-13-26(14-12-25)23(29)21-2-1-15-33-21/h1-10,15H,11-14,16H2,(H,24,28). The van der Waals surface area contributed by atoms with Crippen molar-refractivity contribution in [2.45, 2.75) is 0 Å². The van der Waals surface area contributed by atoms with Gasteiger partial charge in [0.25, 0.3) is 17.5 Å². The normalized spacial score (nSPS) is 13.5. The van der Waals surface area contributed by atoms with Crippen LogP contribution in [0.15, 0.2) is 66.0 Å². The Morgan fingerprint density at radius 1 is 1.00 bits per heavy atom. The van der Waals surface area contributed by atoms with Gasteiger partial charge in [-0.15, -0.1) is 11.3 Å². The lowest BCUT2D eigenvalue weighted by atomic mass is 10.2. The minimum Gasteiger partial charge on any atom is -0.484 e. The summed E-state index contributed by atoms with van der Waals surface area (Å²) in [6, 6.07) is 16.8. The molecule has 33 heavy (non-hydrogen) atoms. The molecule has 0 aliphatic carbocycles. The van der Waals surface area contributed by atoms with E-state index in [1.165, 1.54) is 35.6 Å². The van der Waals surface area contributed by atoms with Gasteiger partial charge in [-0.1, -0.05) is 6.07 Å². The number of carbonyl (C=O) groups excluding carboxylic acids is 2. The molecule has 1 aromatic heterocycles. The third kappa shape index (κ3) is 5.66. The van der Waals surface area contributed by atoms with Gasteiger partial charge in [0.1, 0.15) is 5.75 Å². The summed E-state index contributed by atoms with van der Waals surface area (Å²) in [6.07, 6.45) is 0. The molecule has 9 nitrogen and oxygen atoms in total. The van der Waals surface area contributed by atoms with Crippen molar-refractivity contribution in [3.8, 4) is 5.75 Å². The molecule has 0 bridgehead atoms. The molecule has 1 saturated heterocycles. The molecule has 1 N–H and O–H groups in total. The van der Waals surface area contributed by atoms with Crippen molar-refractivity contribution in [3.05, 3.63) is 81.0 Å². The Bertz CT molecular complexity index is 1110. The first-order chi connectivity index (χ1) is 16.0. The monoisotopic (exact) mass is 466 g/mol. The first kappa shape index (κ1) is 22.3. The molecule has 0 unspecified atom stereocenters. The summed E-state index contributed by atoms with van der Waals surface area (Å²) in [7, 11) is 0. The van der Waals surface area contributed by atoms with Gasteiger partial charge in [-0.3, -0.25) is 19.7 Å². The molecule has 2 amide bonds. The van der Waals surface area contributed by atoms with Crippen LogP contribution < -0.4 is 15.0 Å². The number of carbonyl (C=O) groups is 2. The topological polar surface area (TPSA) is 105 Å². The molecule has 0 saturated carbocycles. The second-order valence-corrected chi connectivity index (χ2v) is 8.34. The van der Waals surface area contributed by atoms with E-state index in [0.29, 0.717) is 24.5 Å². The van der Waals surface area contributed by atoms with Gasteiger partial charge in [0.05, 0.1) is 9.80 Å². The van der Waals surface area contributed by atoms with Gasteiger partial charge in [-0.2, -0.15) is 0 Å². The molecular formula is C23H22N4O5S. The van der Waals surface area contributed by atoms with Crippen molar-refractivity contribution in [2.75, 3.05) is 43.0 Å². The zero-order valence-corrected chi connectivity index (χ0v) is 18.5. The molecule has 170 valence electrons. The molecule has 2 heterocycles. The van der Waals surface area contributed by atoms with Crippen LogP contribution in [0.1, 0.15) is 9.67 Å². The van der Waals surface area contributed by atoms with E-state index in [-0.39, 0.29) is 24.1 Å². The first-order valence-electron chi connectivity index (χ1n) is 10.3. The van der Waals surface area contributed by atoms with Crippen molar-refractivity contribution in [1.82, 2.24) is 4.90 Å². The average Bonchev–Trinajstić information content (AvgIpc) is 3.38. The zero-order chi connectivity index (χ0) is 23.2. The number of anilines is 2. The van der Waals surface area contributed by atoms with Gasteiger partial charge in [-0.25, -0.2) is 0 Å². The highest BCUT2D eigenvalue weighted by molar-refractivity contribution is 7.12. The van der Waals surface area contributed by atoms with Crippen LogP contribution in [0, 0.1) is 10.1 Å². The predicted molar refractivity (Wildman–Crippen MR) is 126 cm³/mol. The maximum absolute atomic E-state index is 12.5. The van der Waals surface area contributed by atoms with Crippen LogP contribution in [0.4, 0.5) is 17.1 Å². The Morgan fingerprint density at radius 2 is 1.70 bits per heavy atom. The van der Waals surface area contributed by atoms with Crippen molar-refractivity contribution >= 4 is 40.2 Å². The lowest BCUT2D eigenvalue weighted by molar-refractivity contribution is -0.384. The van der Waals surface area contributed by atoms with Crippen LogP contribution in [0.5, 0.6) is 5.75 Å². The van der Waals surface area contributed by atoms with Gasteiger partial charge < -0.3 is 19.9 Å². The SMILES string of the molecule is O=C(COc1ccc([N+](=O)[O-])cc1)Nc1ccc(N2CCN(C(=O)c3cccs3)CC2)cc1. The summed E-state index contributed by atoms with van der Waals surface area (Å²) in [4.78, 5) is 39.7. The lowest BCUT2D eigenvalue weighted by Crippen LogP contribution is -2.48. The van der Waals surface area contributed by atoms with Crippen molar-refractivity contribution in [3.63, 3.8) is 0 Å². The van der Waals surface area contributed by atoms with E-state index >= 15 is 0 Å². The van der Waals surface area contributed by atoms with Gasteiger partial charge in [0, 0.05) is 49.7 Å². The van der Waals surface area contributed by atoms with Crippen molar-refractivity contribution in [1.29, 1.82) is 0 Å². The number of nitro groups is 1. The average molecular weight is 467 g/mol. The van der Waals surface area contributed by atoms with E-state index in [1.54, 1.807) is 0 Å². The molecule has 4 rings (SSSR count). The Hall–Kier alpha value is -3.92. The van der Waals surface area contributed by atoms with Gasteiger partial charge in [0.15, 0.2) is 6.61 Å². The molecule has 1 fully saturated rings. The number of hydrogen-bond donors (Lipinski definition) is 1. The molecule has 3 aromatic rings. The van der Waals surface area contributed by atoms with Gasteiger partial charge >= 0.3 is 0 Å². The van der Waals surface area contributed by atoms with Crippen LogP contribution in [-0.4, -0.2) is 54.4 Å². The number of thiophene rings is 1. The Kier molecular flexibility index (Phi) is 6.84. The van der Waals surface area contributed by atoms with E-state index in [1.807, 2.05) is 46.7 Å². The van der Waals surface area contributed by atoms with Crippen molar-refractivity contribution < 1.29 is 19.2 Å². The fraction of sp³-hybridized carbons (Fsp3) is 0.217. The Labute approximate surface area is 194 Å². The number of non-ortho nitro benzene ring substituents is 1. The number of nitrogens with zero attached hydrogens (tertiary/aromatic N) is 3. The zero-order valence-electron chi connectivity index (χ0n) is 17.7. The fourth-order valence-corrected chi connectivity index (χ4v) is 4.18. The van der Waals surface area contributed by atoms with Gasteiger partial charge in [-0.05, 0) is 47.8 Å². The second kappa shape index (κ2) is 10.1. The van der Waals surface area contributed by atoms with Crippen LogP contribution in [0.25, 0.3) is 0 Å². The van der Waals surface area contributed by atoms with E-state index in [9.17, 15) is 19.7 Å². The summed E-state index contributed by atoms with van der Waals surface area (Å²) >= 11 is 1.46. The highest BCUT2D eigenvalue weighted by Gasteiger charge is 2.22. The minimum absolute atomic E-state index is 0.0394. The largest absolute Gasteiger partial charge is 0.484 e. The molecule has 1 aliphatic heterocycles. The number of ether oxygens (including phenoxy) is 1. The fourth-order valence-electron chi connectivity index (χ4n) is 3.49. The summed E-state index contributed by atoms with van der Waals surface area (Å²) in [5.41, 5.74) is 1.63. The molecule has 0 atom stereocenters. The van der Waals surface area contributed by atoms with E-state index < -0.39 is 4.92 Å². The summed E-state index contributed by atoms with van der Waals surface area (Å²) < 4.78 is 5.38. The number of rotatable bonds is 7. The number of nitro benzene ring substituents is 1. The molecular weight excluding hydrogens is 444 g/mol. The smallest absolute Gasteiger partial charge is 0.269 e. The minimum atomic E-state index is -0.495. The number of amides is 2. The van der Waals surface area contributed by atoms with E-state index in [2.05, 4.69) is 10.2 Å². The third-order valence-corrected chi connectivity index (χ3v) is 6.09. The maximum Gasteiger partial charge on any atom is 0.269 e. The molecule has 0 radical (unpaired) electrons. The van der Waals surface area contributed by atoms with Gasteiger partial charge in [0.2, 0.25) is 0 Å². The Morgan fingerprint density at radius 3 is 2.30 bits per heavy atom.